The lowest BCUT2D eigenvalue weighted by Crippen LogP contribution is -2.14. The fourth-order valence-corrected chi connectivity index (χ4v) is 2.48. The quantitative estimate of drug-likeness (QED) is 0.741. The van der Waals surface area contributed by atoms with Crippen LogP contribution in [0.4, 0.5) is 0 Å². The second kappa shape index (κ2) is 4.24. The van der Waals surface area contributed by atoms with E-state index in [1.54, 1.807) is 6.92 Å². The Morgan fingerprint density at radius 1 is 1.26 bits per heavy atom. The number of hydrogen-bond donors (Lipinski definition) is 1. The van der Waals surface area contributed by atoms with Crippen molar-refractivity contribution in [1.82, 2.24) is 14.6 Å². The summed E-state index contributed by atoms with van der Waals surface area (Å²) >= 11 is 6.24. The van der Waals surface area contributed by atoms with Crippen LogP contribution < -0.4 is 5.56 Å². The van der Waals surface area contributed by atoms with Crippen LogP contribution >= 0.6 is 11.6 Å². The molecule has 0 aliphatic carbocycles. The van der Waals surface area contributed by atoms with Gasteiger partial charge in [0.25, 0.3) is 5.56 Å². The molecule has 0 saturated heterocycles. The molecule has 0 aliphatic heterocycles. The molecule has 4 nitrogen and oxygen atoms in total. The number of halogens is 1. The number of aryl methyl sites for hydroxylation is 2. The monoisotopic (exact) mass is 273 g/mol. The lowest BCUT2D eigenvalue weighted by molar-refractivity contribution is 0.873. The van der Waals surface area contributed by atoms with Crippen molar-refractivity contribution >= 4 is 17.2 Å². The van der Waals surface area contributed by atoms with Gasteiger partial charge in [-0.05, 0) is 19.9 Å². The minimum absolute atomic E-state index is 0.121. The van der Waals surface area contributed by atoms with Crippen LogP contribution in [0.1, 0.15) is 11.4 Å². The molecule has 0 saturated carbocycles. The number of benzene rings is 1. The highest BCUT2D eigenvalue weighted by Gasteiger charge is 2.15. The van der Waals surface area contributed by atoms with E-state index in [2.05, 4.69) is 10.1 Å². The first-order valence-electron chi connectivity index (χ1n) is 5.92. The first-order chi connectivity index (χ1) is 9.08. The summed E-state index contributed by atoms with van der Waals surface area (Å²) in [6, 6.07) is 9.04. The van der Waals surface area contributed by atoms with E-state index in [-0.39, 0.29) is 5.56 Å². The van der Waals surface area contributed by atoms with Crippen LogP contribution in [0, 0.1) is 13.8 Å². The van der Waals surface area contributed by atoms with Gasteiger partial charge in [-0.25, -0.2) is 9.50 Å². The highest BCUT2D eigenvalue weighted by molar-refractivity contribution is 6.33. The van der Waals surface area contributed by atoms with Crippen molar-refractivity contribution in [1.29, 1.82) is 0 Å². The van der Waals surface area contributed by atoms with Crippen LogP contribution in [0.15, 0.2) is 35.1 Å². The average molecular weight is 274 g/mol. The van der Waals surface area contributed by atoms with Crippen LogP contribution in [0.25, 0.3) is 16.8 Å². The number of aromatic amines is 1. The molecule has 2 heterocycles. The number of nitrogens with zero attached hydrogens (tertiary/aromatic N) is 2. The van der Waals surface area contributed by atoms with Gasteiger partial charge < -0.3 is 0 Å². The molecule has 2 aromatic heterocycles. The van der Waals surface area contributed by atoms with Gasteiger partial charge in [-0.15, -0.1) is 0 Å². The molecule has 96 valence electrons. The maximum Gasteiger partial charge on any atom is 0.272 e. The molecular weight excluding hydrogens is 262 g/mol. The van der Waals surface area contributed by atoms with Crippen molar-refractivity contribution in [3.63, 3.8) is 0 Å². The van der Waals surface area contributed by atoms with E-state index in [9.17, 15) is 4.79 Å². The zero-order valence-corrected chi connectivity index (χ0v) is 11.3. The van der Waals surface area contributed by atoms with E-state index in [1.807, 2.05) is 31.2 Å². The summed E-state index contributed by atoms with van der Waals surface area (Å²) < 4.78 is 1.45. The van der Waals surface area contributed by atoms with Crippen LogP contribution in [0.3, 0.4) is 0 Å². The van der Waals surface area contributed by atoms with E-state index >= 15 is 0 Å². The molecule has 19 heavy (non-hydrogen) atoms. The van der Waals surface area contributed by atoms with E-state index in [1.165, 1.54) is 10.6 Å². The molecule has 5 heteroatoms. The Hall–Kier alpha value is -2.07. The molecule has 1 N–H and O–H groups in total. The fraction of sp³-hybridized carbons (Fsp3) is 0.143. The molecule has 3 aromatic rings. The third-order valence-corrected chi connectivity index (χ3v) is 3.40. The summed E-state index contributed by atoms with van der Waals surface area (Å²) in [5.74, 6) is 0. The fourth-order valence-electron chi connectivity index (χ4n) is 2.25. The maximum absolute atomic E-state index is 11.9. The SMILES string of the molecule is Cc1cc(=O)n2[nH]c(C)c(-c3ccccc3Cl)c2n1. The first kappa shape index (κ1) is 12.0. The Labute approximate surface area is 114 Å². The molecule has 0 unspecified atom stereocenters. The van der Waals surface area contributed by atoms with Crippen LogP contribution in [-0.4, -0.2) is 14.6 Å². The number of H-pyrrole nitrogens is 1. The summed E-state index contributed by atoms with van der Waals surface area (Å²) in [5, 5.41) is 3.67. The van der Waals surface area contributed by atoms with E-state index in [0.29, 0.717) is 16.4 Å². The van der Waals surface area contributed by atoms with Gasteiger partial charge in [0, 0.05) is 33.6 Å². The number of rotatable bonds is 1. The van der Waals surface area contributed by atoms with Gasteiger partial charge in [-0.2, -0.15) is 0 Å². The molecule has 0 fully saturated rings. The molecule has 0 amide bonds. The van der Waals surface area contributed by atoms with Gasteiger partial charge in [0.15, 0.2) is 5.65 Å². The van der Waals surface area contributed by atoms with Crippen molar-refractivity contribution in [3.05, 3.63) is 57.1 Å². The number of aromatic nitrogens is 3. The maximum atomic E-state index is 11.9. The Bertz CT molecular complexity index is 832. The van der Waals surface area contributed by atoms with Gasteiger partial charge in [-0.3, -0.25) is 9.89 Å². The Balaban J connectivity index is 2.45. The van der Waals surface area contributed by atoms with Crippen LogP contribution in [0.5, 0.6) is 0 Å². The lowest BCUT2D eigenvalue weighted by atomic mass is 10.1. The second-order valence-electron chi connectivity index (χ2n) is 4.49. The minimum atomic E-state index is -0.121. The number of nitrogens with one attached hydrogen (secondary N) is 1. The second-order valence-corrected chi connectivity index (χ2v) is 4.89. The molecule has 0 radical (unpaired) electrons. The molecule has 0 spiro atoms. The molecule has 0 bridgehead atoms. The van der Waals surface area contributed by atoms with Gasteiger partial charge in [0.1, 0.15) is 0 Å². The largest absolute Gasteiger partial charge is 0.293 e. The van der Waals surface area contributed by atoms with Crippen molar-refractivity contribution in [3.8, 4) is 11.1 Å². The zero-order chi connectivity index (χ0) is 13.6. The smallest absolute Gasteiger partial charge is 0.272 e. The summed E-state index contributed by atoms with van der Waals surface area (Å²) in [6.45, 7) is 3.71. The Kier molecular flexibility index (Phi) is 2.68. The topological polar surface area (TPSA) is 50.2 Å². The number of fused-ring (bicyclic) bond motifs is 1. The normalized spacial score (nSPS) is 11.1. The number of hydrogen-bond acceptors (Lipinski definition) is 2. The van der Waals surface area contributed by atoms with Crippen molar-refractivity contribution in [2.75, 3.05) is 0 Å². The minimum Gasteiger partial charge on any atom is -0.293 e. The highest BCUT2D eigenvalue weighted by Crippen LogP contribution is 2.32. The standard InChI is InChI=1S/C14H12ClN3O/c1-8-7-12(19)18-14(16-8)13(9(2)17-18)10-5-3-4-6-11(10)15/h3-7,17H,1-2H3. The highest BCUT2D eigenvalue weighted by atomic mass is 35.5. The average Bonchev–Trinajstić information content (AvgIpc) is 2.67. The van der Waals surface area contributed by atoms with E-state index in [4.69, 9.17) is 11.6 Å². The summed E-state index contributed by atoms with van der Waals surface area (Å²) in [7, 11) is 0. The lowest BCUT2D eigenvalue weighted by Gasteiger charge is -2.03. The van der Waals surface area contributed by atoms with Crippen molar-refractivity contribution in [2.24, 2.45) is 0 Å². The van der Waals surface area contributed by atoms with Crippen molar-refractivity contribution in [2.45, 2.75) is 13.8 Å². The molecule has 0 atom stereocenters. The Morgan fingerprint density at radius 2 is 2.00 bits per heavy atom. The zero-order valence-electron chi connectivity index (χ0n) is 10.6. The predicted molar refractivity (Wildman–Crippen MR) is 75.7 cm³/mol. The third-order valence-electron chi connectivity index (χ3n) is 3.07. The Morgan fingerprint density at radius 3 is 2.74 bits per heavy atom. The van der Waals surface area contributed by atoms with Gasteiger partial charge in [0.2, 0.25) is 0 Å². The van der Waals surface area contributed by atoms with Gasteiger partial charge >= 0.3 is 0 Å². The van der Waals surface area contributed by atoms with Gasteiger partial charge in [0.05, 0.1) is 0 Å². The van der Waals surface area contributed by atoms with E-state index < -0.39 is 0 Å². The van der Waals surface area contributed by atoms with Crippen molar-refractivity contribution < 1.29 is 0 Å². The summed E-state index contributed by atoms with van der Waals surface area (Å²) in [4.78, 5) is 16.4. The first-order valence-corrected chi connectivity index (χ1v) is 6.29. The molecular formula is C14H12ClN3O. The van der Waals surface area contributed by atoms with E-state index in [0.717, 1.165) is 16.8 Å². The molecule has 1 aromatic carbocycles. The molecule has 3 rings (SSSR count). The van der Waals surface area contributed by atoms with Crippen LogP contribution in [-0.2, 0) is 0 Å². The predicted octanol–water partition coefficient (Wildman–Crippen LogP) is 2.96. The van der Waals surface area contributed by atoms with Crippen LogP contribution in [0.2, 0.25) is 5.02 Å². The van der Waals surface area contributed by atoms with Gasteiger partial charge in [-0.1, -0.05) is 29.8 Å². The molecule has 0 aliphatic rings. The summed E-state index contributed by atoms with van der Waals surface area (Å²) in [6.07, 6.45) is 0. The summed E-state index contributed by atoms with van der Waals surface area (Å²) in [5.41, 5.74) is 3.78. The third kappa shape index (κ3) is 1.85.